The molecule has 0 aliphatic heterocycles. The Balaban J connectivity index is 0.000000268. The summed E-state index contributed by atoms with van der Waals surface area (Å²) in [5.41, 5.74) is 10.5. The number of hydrogen-bond donors (Lipinski definition) is 6. The van der Waals surface area contributed by atoms with Crippen molar-refractivity contribution >= 4 is 22.7 Å². The van der Waals surface area contributed by atoms with Crippen LogP contribution in [-0.4, -0.2) is 62.6 Å². The first-order valence-electron chi connectivity index (χ1n) is 24.6. The van der Waals surface area contributed by atoms with E-state index in [0.717, 1.165) is 69.2 Å². The summed E-state index contributed by atoms with van der Waals surface area (Å²) >= 11 is 0. The Morgan fingerprint density at radius 3 is 0.787 bits per heavy atom. The van der Waals surface area contributed by atoms with E-state index in [1.54, 1.807) is 24.3 Å². The number of rotatable bonds is 18. The molecular weight excluding hydrogens is 1090 g/mol. The number of aromatic hydroxyl groups is 4. The summed E-state index contributed by atoms with van der Waals surface area (Å²) in [7, 11) is 0. The van der Waals surface area contributed by atoms with Crippen LogP contribution in [-0.2, 0) is 91.6 Å². The predicted octanol–water partition coefficient (Wildman–Crippen LogP) is 11.8. The number of nitrogens with zero attached hydrogens (tertiary/aromatic N) is 4. The zero-order chi connectivity index (χ0) is 52.3. The van der Waals surface area contributed by atoms with Crippen LogP contribution in [0, 0.1) is 52.0 Å². The van der Waals surface area contributed by atoms with Crippen LogP contribution in [0.25, 0.3) is 0 Å². The molecule has 0 heterocycles. The molecule has 10 nitrogen and oxygen atoms in total. The Kier molecular flexibility index (Phi) is 25.3. The molecule has 2 radical (unpaired) electrons. The van der Waals surface area contributed by atoms with Crippen LogP contribution < -0.4 is 19.6 Å². The molecule has 8 rings (SSSR count). The number of aryl methyl sites for hydroxylation is 4. The Morgan fingerprint density at radius 1 is 0.347 bits per heavy atom. The maximum atomic E-state index is 11.3. The normalized spacial score (nSPS) is 10.6. The van der Waals surface area contributed by atoms with Gasteiger partial charge in [-0.3, -0.25) is 0 Å². The van der Waals surface area contributed by atoms with Crippen molar-refractivity contribution in [3.63, 3.8) is 0 Å². The zero-order valence-electron chi connectivity index (χ0n) is 43.9. The first kappa shape index (κ1) is 61.8. The van der Waals surface area contributed by atoms with Crippen molar-refractivity contribution in [1.29, 1.82) is 0 Å². The summed E-state index contributed by atoms with van der Waals surface area (Å²) < 4.78 is 0. The molecule has 386 valence electrons. The molecular formula is C63H68N4O6Y2-4. The van der Waals surface area contributed by atoms with Crippen molar-refractivity contribution in [3.05, 3.63) is 239 Å². The largest absolute Gasteiger partial charge is 0.507 e. The van der Waals surface area contributed by atoms with E-state index in [4.69, 9.17) is 0 Å². The standard InChI is InChI=1S/C31H32N2O4.2C16H18NO.2Y/c1-23-11-9-13-25(29(23)34)19-32(27-15-5-3-6-16-27)21-31(36,37)22-33(28-17-7-4-8-18-28)20-26-14-10-12-24(2)30(26)35;2*1-3-17(15-10-5-4-6-11-15)12-14-9-7-8-13(2)16(14)18;;/h5-18,34-37H,19-22H2,1-2H3;2*5-11,18H,3,12H2,1-2H3;;/q-2;2*-1;;. The number of para-hydroxylation sites is 4. The number of phenols is 4. The van der Waals surface area contributed by atoms with E-state index >= 15 is 0 Å². The van der Waals surface area contributed by atoms with Crippen molar-refractivity contribution in [2.75, 3.05) is 45.8 Å². The molecule has 12 heteroatoms. The van der Waals surface area contributed by atoms with E-state index in [1.165, 1.54) is 0 Å². The van der Waals surface area contributed by atoms with Crippen molar-refractivity contribution in [2.45, 2.75) is 73.5 Å². The van der Waals surface area contributed by atoms with Crippen LogP contribution in [0.1, 0.15) is 58.4 Å². The number of aliphatic hydroxyl groups is 2. The molecule has 6 N–H and O–H groups in total. The van der Waals surface area contributed by atoms with Crippen LogP contribution in [0.4, 0.5) is 22.7 Å². The number of benzene rings is 8. The molecule has 75 heavy (non-hydrogen) atoms. The molecule has 0 aromatic heterocycles. The first-order valence-corrected chi connectivity index (χ1v) is 24.6. The van der Waals surface area contributed by atoms with Crippen LogP contribution in [0.3, 0.4) is 0 Å². The second-order valence-corrected chi connectivity index (χ2v) is 18.1. The number of phenolic OH excluding ortho intramolecular Hbond substituents is 4. The third-order valence-corrected chi connectivity index (χ3v) is 12.6. The molecule has 0 aliphatic carbocycles. The van der Waals surface area contributed by atoms with Gasteiger partial charge in [-0.05, 0) is 63.8 Å². The molecule has 8 aromatic carbocycles. The summed E-state index contributed by atoms with van der Waals surface area (Å²) in [5, 5.41) is 63.9. The Bertz CT molecular complexity index is 2730. The van der Waals surface area contributed by atoms with Gasteiger partial charge in [0.25, 0.3) is 0 Å². The number of anilines is 4. The van der Waals surface area contributed by atoms with E-state index in [0.29, 0.717) is 35.7 Å². The summed E-state index contributed by atoms with van der Waals surface area (Å²) in [6, 6.07) is 65.1. The second kappa shape index (κ2) is 30.7. The van der Waals surface area contributed by atoms with Crippen LogP contribution >= 0.6 is 0 Å². The van der Waals surface area contributed by atoms with Gasteiger partial charge in [0, 0.05) is 127 Å². The Morgan fingerprint density at radius 2 is 0.560 bits per heavy atom. The Hall–Kier alpha value is -5.71. The van der Waals surface area contributed by atoms with Gasteiger partial charge in [0.05, 0.1) is 13.1 Å². The quantitative estimate of drug-likeness (QED) is 0.0364. The van der Waals surface area contributed by atoms with Crippen LogP contribution in [0.15, 0.2) is 170 Å². The molecule has 0 amide bonds. The van der Waals surface area contributed by atoms with E-state index in [9.17, 15) is 30.6 Å². The molecule has 0 atom stereocenters. The number of hydrogen-bond acceptors (Lipinski definition) is 10. The molecule has 0 spiro atoms. The van der Waals surface area contributed by atoms with Crippen LogP contribution in [0.5, 0.6) is 23.0 Å². The van der Waals surface area contributed by atoms with Crippen molar-refractivity contribution in [3.8, 4) is 23.0 Å². The zero-order valence-corrected chi connectivity index (χ0v) is 49.6. The average molecular weight is 1160 g/mol. The minimum absolute atomic E-state index is 0. The minimum Gasteiger partial charge on any atom is -0.507 e. The molecule has 0 unspecified atom stereocenters. The van der Waals surface area contributed by atoms with Gasteiger partial charge in [-0.15, -0.1) is 48.5 Å². The molecule has 0 fully saturated rings. The summed E-state index contributed by atoms with van der Waals surface area (Å²) in [6.45, 7) is 15.3. The fraction of sp³-hybridized carbons (Fsp3) is 0.238. The van der Waals surface area contributed by atoms with Gasteiger partial charge in [0.15, 0.2) is 5.79 Å². The van der Waals surface area contributed by atoms with E-state index in [2.05, 4.69) is 47.9 Å². The fourth-order valence-electron chi connectivity index (χ4n) is 8.48. The van der Waals surface area contributed by atoms with E-state index < -0.39 is 5.79 Å². The van der Waals surface area contributed by atoms with Gasteiger partial charge in [-0.2, -0.15) is 72.8 Å². The topological polar surface area (TPSA) is 134 Å². The first-order chi connectivity index (χ1) is 35.2. The van der Waals surface area contributed by atoms with Crippen molar-refractivity contribution in [1.82, 2.24) is 0 Å². The summed E-state index contributed by atoms with van der Waals surface area (Å²) in [6.07, 6.45) is 0. The average Bonchev–Trinajstić information content (AvgIpc) is 3.40. The molecule has 0 aliphatic rings. The van der Waals surface area contributed by atoms with Gasteiger partial charge >= 0.3 is 0 Å². The molecule has 0 saturated heterocycles. The predicted molar refractivity (Wildman–Crippen MR) is 295 cm³/mol. The van der Waals surface area contributed by atoms with Crippen molar-refractivity contribution in [2.24, 2.45) is 0 Å². The summed E-state index contributed by atoms with van der Waals surface area (Å²) in [5.74, 6) is -0.961. The van der Waals surface area contributed by atoms with E-state index in [1.807, 2.05) is 183 Å². The fourth-order valence-corrected chi connectivity index (χ4v) is 8.48. The monoisotopic (exact) mass is 1150 g/mol. The smallest absolute Gasteiger partial charge is 0.198 e. The second-order valence-electron chi connectivity index (χ2n) is 18.1. The van der Waals surface area contributed by atoms with Gasteiger partial charge in [0.1, 0.15) is 23.0 Å². The van der Waals surface area contributed by atoms with Gasteiger partial charge in [-0.25, -0.2) is 0 Å². The van der Waals surface area contributed by atoms with E-state index in [-0.39, 0.29) is 103 Å². The SMILES string of the molecule is CCN(Cc1cccc(C)c1O)c1cc[c-]cc1.CCN(Cc1cccc(C)c1O)c1cc[c-]cc1.Cc1cccc(CN(CC(O)(O)CN(Cc2cccc(C)c2O)c2cc[c-]cc2)c2cc[c-]cc2)c1O.[Y].[Y]. The van der Waals surface area contributed by atoms with Gasteiger partial charge < -0.3 is 50.2 Å². The maximum absolute atomic E-state index is 11.3. The third kappa shape index (κ3) is 18.2. The molecule has 8 aromatic rings. The summed E-state index contributed by atoms with van der Waals surface area (Å²) in [4.78, 5) is 8.09. The Labute approximate surface area is 495 Å². The minimum atomic E-state index is -2.14. The van der Waals surface area contributed by atoms with Crippen molar-refractivity contribution < 1.29 is 96.1 Å². The third-order valence-electron chi connectivity index (χ3n) is 12.6. The van der Waals surface area contributed by atoms with Crippen LogP contribution in [0.2, 0.25) is 0 Å². The molecule has 0 saturated carbocycles. The van der Waals surface area contributed by atoms with Gasteiger partial charge in [0.2, 0.25) is 0 Å². The maximum Gasteiger partial charge on any atom is 0.198 e. The van der Waals surface area contributed by atoms with Gasteiger partial charge in [-0.1, -0.05) is 95.5 Å². The molecule has 0 bridgehead atoms.